The molecule has 0 saturated carbocycles. The molecule has 1 aromatic heterocycles. The van der Waals surface area contributed by atoms with E-state index in [1.165, 1.54) is 12.1 Å². The van der Waals surface area contributed by atoms with Gasteiger partial charge in [-0.25, -0.2) is 18.1 Å². The zero-order chi connectivity index (χ0) is 17.2. The summed E-state index contributed by atoms with van der Waals surface area (Å²) < 4.78 is 29.1. The van der Waals surface area contributed by atoms with Crippen molar-refractivity contribution in [1.82, 2.24) is 14.3 Å². The maximum absolute atomic E-state index is 12.2. The van der Waals surface area contributed by atoms with Crippen LogP contribution in [0.3, 0.4) is 0 Å². The van der Waals surface area contributed by atoms with Crippen molar-refractivity contribution in [3.63, 3.8) is 0 Å². The second-order valence-corrected chi connectivity index (χ2v) is 7.71. The average molecular weight is 364 g/mol. The van der Waals surface area contributed by atoms with E-state index in [1.54, 1.807) is 12.1 Å². The highest BCUT2D eigenvalue weighted by Gasteiger charge is 2.13. The van der Waals surface area contributed by atoms with Crippen molar-refractivity contribution < 1.29 is 8.42 Å². The molecule has 1 N–H and O–H groups in total. The molecule has 1 heterocycles. The Morgan fingerprint density at radius 3 is 2.58 bits per heavy atom. The zero-order valence-electron chi connectivity index (χ0n) is 13.2. The molecule has 0 atom stereocenters. The van der Waals surface area contributed by atoms with E-state index in [2.05, 4.69) is 14.3 Å². The van der Waals surface area contributed by atoms with Crippen LogP contribution in [0.4, 0.5) is 0 Å². The minimum absolute atomic E-state index is 0.219. The Balaban J connectivity index is 1.62. The Morgan fingerprint density at radius 1 is 1.12 bits per heavy atom. The molecule has 0 aliphatic heterocycles. The van der Waals surface area contributed by atoms with Crippen LogP contribution in [0.1, 0.15) is 12.2 Å². The van der Waals surface area contributed by atoms with Gasteiger partial charge in [0, 0.05) is 18.1 Å². The first kappa shape index (κ1) is 17.0. The second kappa shape index (κ2) is 6.93. The van der Waals surface area contributed by atoms with E-state index in [0.717, 1.165) is 16.9 Å². The largest absolute Gasteiger partial charge is 0.328 e. The van der Waals surface area contributed by atoms with Gasteiger partial charge in [-0.3, -0.25) is 0 Å². The number of nitrogens with zero attached hydrogens (tertiary/aromatic N) is 2. The quantitative estimate of drug-likeness (QED) is 0.683. The smallest absolute Gasteiger partial charge is 0.240 e. The summed E-state index contributed by atoms with van der Waals surface area (Å²) in [5.74, 6) is 0.928. The fourth-order valence-corrected chi connectivity index (χ4v) is 3.82. The third-order valence-corrected chi connectivity index (χ3v) is 5.55. The predicted molar refractivity (Wildman–Crippen MR) is 95.7 cm³/mol. The predicted octanol–water partition coefficient (Wildman–Crippen LogP) is 3.37. The van der Waals surface area contributed by atoms with Gasteiger partial charge in [0.25, 0.3) is 0 Å². The van der Waals surface area contributed by atoms with Crippen LogP contribution in [-0.4, -0.2) is 24.5 Å². The van der Waals surface area contributed by atoms with Gasteiger partial charge in [0.05, 0.1) is 15.9 Å². The van der Waals surface area contributed by atoms with Crippen LogP contribution in [0.25, 0.3) is 11.0 Å². The minimum Gasteiger partial charge on any atom is -0.328 e. The Labute approximate surface area is 146 Å². The molecule has 24 heavy (non-hydrogen) atoms. The van der Waals surface area contributed by atoms with Crippen LogP contribution in [0.15, 0.2) is 53.4 Å². The molecule has 5 nitrogen and oxygen atoms in total. The van der Waals surface area contributed by atoms with Crippen molar-refractivity contribution in [2.75, 3.05) is 6.54 Å². The van der Waals surface area contributed by atoms with E-state index in [-0.39, 0.29) is 4.90 Å². The van der Waals surface area contributed by atoms with E-state index in [9.17, 15) is 8.42 Å². The molecule has 126 valence electrons. The number of fused-ring (bicyclic) bond motifs is 1. The molecule has 0 fully saturated rings. The number of nitrogens with one attached hydrogen (secondary N) is 1. The molecule has 2 aromatic carbocycles. The standard InChI is InChI=1S/C17H18ClN3O2S/c1-13-20-16-5-2-3-6-17(16)21(13)12-4-11-19-24(22,23)15-9-7-14(18)8-10-15/h2-3,5-10,19H,4,11-12H2,1H3. The lowest BCUT2D eigenvalue weighted by atomic mass is 10.3. The monoisotopic (exact) mass is 363 g/mol. The van der Waals surface area contributed by atoms with Gasteiger partial charge < -0.3 is 4.57 Å². The Hall–Kier alpha value is -1.89. The summed E-state index contributed by atoms with van der Waals surface area (Å²) in [5.41, 5.74) is 2.02. The number of benzene rings is 2. The first-order valence-corrected chi connectivity index (χ1v) is 9.50. The summed E-state index contributed by atoms with van der Waals surface area (Å²) in [6, 6.07) is 14.1. The third kappa shape index (κ3) is 3.61. The van der Waals surface area contributed by atoms with E-state index in [0.29, 0.717) is 24.5 Å². The van der Waals surface area contributed by atoms with Gasteiger partial charge in [-0.05, 0) is 49.7 Å². The van der Waals surface area contributed by atoms with E-state index in [1.807, 2.05) is 31.2 Å². The highest BCUT2D eigenvalue weighted by atomic mass is 35.5. The van der Waals surface area contributed by atoms with Crippen molar-refractivity contribution in [3.8, 4) is 0 Å². The van der Waals surface area contributed by atoms with Crippen LogP contribution >= 0.6 is 11.6 Å². The summed E-state index contributed by atoms with van der Waals surface area (Å²) in [5, 5.41) is 0.511. The van der Waals surface area contributed by atoms with E-state index < -0.39 is 10.0 Å². The number of sulfonamides is 1. The highest BCUT2D eigenvalue weighted by Crippen LogP contribution is 2.16. The lowest BCUT2D eigenvalue weighted by molar-refractivity contribution is 0.570. The number of hydrogen-bond donors (Lipinski definition) is 1. The SMILES string of the molecule is Cc1nc2ccccc2n1CCCNS(=O)(=O)c1ccc(Cl)cc1. The normalized spacial score (nSPS) is 11.9. The molecule has 0 unspecified atom stereocenters. The van der Waals surface area contributed by atoms with E-state index in [4.69, 9.17) is 11.6 Å². The molecule has 0 radical (unpaired) electrons. The van der Waals surface area contributed by atoms with Crippen LogP contribution in [0, 0.1) is 6.92 Å². The third-order valence-electron chi connectivity index (χ3n) is 3.82. The fourth-order valence-electron chi connectivity index (χ4n) is 2.62. The highest BCUT2D eigenvalue weighted by molar-refractivity contribution is 7.89. The van der Waals surface area contributed by atoms with Crippen molar-refractivity contribution in [2.24, 2.45) is 0 Å². The maximum atomic E-state index is 12.2. The van der Waals surface area contributed by atoms with Gasteiger partial charge in [0.1, 0.15) is 5.82 Å². The molecule has 3 rings (SSSR count). The molecule has 7 heteroatoms. The molecule has 3 aromatic rings. The molecule has 0 aliphatic rings. The summed E-state index contributed by atoms with van der Waals surface area (Å²) in [4.78, 5) is 4.73. The van der Waals surface area contributed by atoms with E-state index >= 15 is 0 Å². The maximum Gasteiger partial charge on any atom is 0.240 e. The van der Waals surface area contributed by atoms with Crippen LogP contribution in [0.2, 0.25) is 5.02 Å². The number of hydrogen-bond acceptors (Lipinski definition) is 3. The number of para-hydroxylation sites is 2. The summed E-state index contributed by atoms with van der Waals surface area (Å²) in [7, 11) is -3.50. The van der Waals surface area contributed by atoms with Gasteiger partial charge in [-0.1, -0.05) is 23.7 Å². The topological polar surface area (TPSA) is 64.0 Å². The summed E-state index contributed by atoms with van der Waals surface area (Å²) in [6.07, 6.45) is 0.675. The number of halogens is 1. The Morgan fingerprint density at radius 2 is 1.83 bits per heavy atom. The molecular formula is C17H18ClN3O2S. The van der Waals surface area contributed by atoms with Crippen molar-refractivity contribution in [1.29, 1.82) is 0 Å². The number of aromatic nitrogens is 2. The van der Waals surface area contributed by atoms with Gasteiger partial charge in [0.2, 0.25) is 10.0 Å². The van der Waals surface area contributed by atoms with Gasteiger partial charge in [-0.15, -0.1) is 0 Å². The van der Waals surface area contributed by atoms with Crippen LogP contribution in [-0.2, 0) is 16.6 Å². The molecule has 0 spiro atoms. The van der Waals surface area contributed by atoms with Gasteiger partial charge in [-0.2, -0.15) is 0 Å². The van der Waals surface area contributed by atoms with Crippen molar-refractivity contribution in [2.45, 2.75) is 24.8 Å². The average Bonchev–Trinajstić information content (AvgIpc) is 2.87. The van der Waals surface area contributed by atoms with Crippen LogP contribution < -0.4 is 4.72 Å². The second-order valence-electron chi connectivity index (χ2n) is 5.50. The summed E-state index contributed by atoms with van der Waals surface area (Å²) >= 11 is 5.78. The minimum atomic E-state index is -3.50. The first-order valence-electron chi connectivity index (χ1n) is 7.64. The lowest BCUT2D eigenvalue weighted by Crippen LogP contribution is -2.25. The van der Waals surface area contributed by atoms with Gasteiger partial charge >= 0.3 is 0 Å². The molecule has 0 saturated heterocycles. The fraction of sp³-hybridized carbons (Fsp3) is 0.235. The molecular weight excluding hydrogens is 346 g/mol. The van der Waals surface area contributed by atoms with Crippen molar-refractivity contribution >= 4 is 32.7 Å². The number of imidazole rings is 1. The zero-order valence-corrected chi connectivity index (χ0v) is 14.8. The first-order chi connectivity index (χ1) is 11.5. The Bertz CT molecular complexity index is 950. The van der Waals surface area contributed by atoms with Gasteiger partial charge in [0.15, 0.2) is 0 Å². The molecule has 0 amide bonds. The van der Waals surface area contributed by atoms with Crippen LogP contribution in [0.5, 0.6) is 0 Å². The molecule has 0 bridgehead atoms. The Kier molecular flexibility index (Phi) is 4.89. The summed E-state index contributed by atoms with van der Waals surface area (Å²) in [6.45, 7) is 3.02. The molecule has 0 aliphatic carbocycles. The number of aryl methyl sites for hydroxylation is 2. The lowest BCUT2D eigenvalue weighted by Gasteiger charge is -2.09. The van der Waals surface area contributed by atoms with Crippen molar-refractivity contribution in [3.05, 3.63) is 59.4 Å². The number of rotatable bonds is 6.